The summed E-state index contributed by atoms with van der Waals surface area (Å²) in [6.07, 6.45) is -2.28. The highest BCUT2D eigenvalue weighted by molar-refractivity contribution is 5.55. The van der Waals surface area contributed by atoms with Crippen molar-refractivity contribution in [3.05, 3.63) is 35.4 Å². The van der Waals surface area contributed by atoms with Crippen molar-refractivity contribution in [3.8, 4) is 11.8 Å². The van der Waals surface area contributed by atoms with Crippen LogP contribution in [0.25, 0.3) is 6.08 Å². The number of aromatic hydroxyl groups is 1. The normalized spacial score (nSPS) is 11.6. The Morgan fingerprint density at radius 2 is 1.93 bits per heavy atom. The molecule has 1 rings (SSSR count). The van der Waals surface area contributed by atoms with Gasteiger partial charge in [0.05, 0.1) is 11.6 Å². The number of nitriles is 1. The average Bonchev–Trinajstić information content (AvgIpc) is 2.12. The van der Waals surface area contributed by atoms with Crippen molar-refractivity contribution in [2.45, 2.75) is 6.18 Å². The number of phenols is 1. The predicted molar refractivity (Wildman–Crippen MR) is 47.8 cm³/mol. The van der Waals surface area contributed by atoms with Crippen molar-refractivity contribution in [2.75, 3.05) is 0 Å². The number of hydrogen-bond donors (Lipinski definition) is 1. The molecule has 0 bridgehead atoms. The molecule has 0 aliphatic rings. The molecule has 0 spiro atoms. The van der Waals surface area contributed by atoms with E-state index < -0.39 is 17.5 Å². The maximum atomic E-state index is 12.3. The zero-order chi connectivity index (χ0) is 11.5. The number of nitrogens with zero attached hydrogens (tertiary/aromatic N) is 1. The van der Waals surface area contributed by atoms with Crippen LogP contribution in [-0.4, -0.2) is 5.11 Å². The molecule has 0 radical (unpaired) electrons. The zero-order valence-corrected chi connectivity index (χ0v) is 7.42. The molecule has 0 aliphatic carbocycles. The Hall–Kier alpha value is -1.96. The van der Waals surface area contributed by atoms with E-state index in [-0.39, 0.29) is 5.56 Å². The summed E-state index contributed by atoms with van der Waals surface area (Å²) in [5.41, 5.74) is -0.816. The summed E-state index contributed by atoms with van der Waals surface area (Å²) < 4.78 is 36.8. The highest BCUT2D eigenvalue weighted by atomic mass is 19.4. The van der Waals surface area contributed by atoms with Gasteiger partial charge in [-0.25, -0.2) is 0 Å². The van der Waals surface area contributed by atoms with Crippen LogP contribution in [0.1, 0.15) is 11.1 Å². The lowest BCUT2D eigenvalue weighted by atomic mass is 10.1. The van der Waals surface area contributed by atoms with E-state index in [1.165, 1.54) is 6.08 Å². The molecule has 0 unspecified atom stereocenters. The summed E-state index contributed by atoms with van der Waals surface area (Å²) in [7, 11) is 0. The maximum Gasteiger partial charge on any atom is 0.416 e. The van der Waals surface area contributed by atoms with Crippen molar-refractivity contribution in [2.24, 2.45) is 0 Å². The molecule has 1 aromatic carbocycles. The number of allylic oxidation sites excluding steroid dienone is 1. The van der Waals surface area contributed by atoms with Gasteiger partial charge in [-0.3, -0.25) is 0 Å². The Morgan fingerprint density at radius 3 is 2.47 bits per heavy atom. The summed E-state index contributed by atoms with van der Waals surface area (Å²) in [4.78, 5) is 0. The highest BCUT2D eigenvalue weighted by Crippen LogP contribution is 2.32. The van der Waals surface area contributed by atoms with Crippen molar-refractivity contribution < 1.29 is 18.3 Å². The van der Waals surface area contributed by atoms with E-state index in [9.17, 15) is 13.2 Å². The van der Waals surface area contributed by atoms with Crippen LogP contribution in [0.3, 0.4) is 0 Å². The van der Waals surface area contributed by atoms with E-state index in [4.69, 9.17) is 10.4 Å². The number of phenolic OH excluding ortho intramolecular Hbond substituents is 1. The Bertz CT molecular complexity index is 429. The molecule has 0 aromatic heterocycles. The fourth-order valence-corrected chi connectivity index (χ4v) is 1.03. The van der Waals surface area contributed by atoms with Crippen LogP contribution in [0.5, 0.6) is 5.75 Å². The highest BCUT2D eigenvalue weighted by Gasteiger charge is 2.31. The molecule has 0 fully saturated rings. The lowest BCUT2D eigenvalue weighted by molar-refractivity contribution is -0.137. The molecule has 0 aliphatic heterocycles. The van der Waals surface area contributed by atoms with E-state index in [2.05, 4.69) is 0 Å². The van der Waals surface area contributed by atoms with Gasteiger partial charge >= 0.3 is 6.18 Å². The van der Waals surface area contributed by atoms with Gasteiger partial charge in [0.2, 0.25) is 0 Å². The molecule has 15 heavy (non-hydrogen) atoms. The van der Waals surface area contributed by atoms with Gasteiger partial charge in [0, 0.05) is 6.08 Å². The first kappa shape index (κ1) is 11.1. The quantitative estimate of drug-likeness (QED) is 0.729. The van der Waals surface area contributed by atoms with E-state index >= 15 is 0 Å². The van der Waals surface area contributed by atoms with Gasteiger partial charge in [0.1, 0.15) is 5.75 Å². The number of hydrogen-bond acceptors (Lipinski definition) is 2. The molecule has 0 amide bonds. The van der Waals surface area contributed by atoms with E-state index in [0.29, 0.717) is 6.07 Å². The van der Waals surface area contributed by atoms with Crippen LogP contribution in [-0.2, 0) is 6.18 Å². The largest absolute Gasteiger partial charge is 0.508 e. The predicted octanol–water partition coefficient (Wildman–Crippen LogP) is 2.95. The van der Waals surface area contributed by atoms with Crippen LogP contribution in [0, 0.1) is 11.3 Å². The maximum absolute atomic E-state index is 12.3. The van der Waals surface area contributed by atoms with Gasteiger partial charge in [-0.1, -0.05) is 0 Å². The van der Waals surface area contributed by atoms with E-state index in [1.54, 1.807) is 6.07 Å². The van der Waals surface area contributed by atoms with Crippen molar-refractivity contribution >= 4 is 6.08 Å². The minimum absolute atomic E-state index is 0.129. The molecule has 5 heteroatoms. The Labute approximate surface area is 83.9 Å². The van der Waals surface area contributed by atoms with E-state index in [0.717, 1.165) is 18.2 Å². The zero-order valence-electron chi connectivity index (χ0n) is 7.42. The monoisotopic (exact) mass is 213 g/mol. The minimum atomic E-state index is -4.51. The fourth-order valence-electron chi connectivity index (χ4n) is 1.03. The van der Waals surface area contributed by atoms with Crippen LogP contribution in [0.4, 0.5) is 13.2 Å². The third kappa shape index (κ3) is 3.02. The van der Waals surface area contributed by atoms with Crippen LogP contribution in [0.15, 0.2) is 24.3 Å². The number of halogens is 3. The molecule has 0 heterocycles. The second kappa shape index (κ2) is 4.05. The molecule has 78 valence electrons. The molecule has 0 atom stereocenters. The summed E-state index contributed by atoms with van der Waals surface area (Å²) in [5, 5.41) is 17.2. The van der Waals surface area contributed by atoms with Gasteiger partial charge in [-0.15, -0.1) is 0 Å². The van der Waals surface area contributed by atoms with Crippen molar-refractivity contribution in [1.82, 2.24) is 0 Å². The van der Waals surface area contributed by atoms with E-state index in [1.807, 2.05) is 0 Å². The number of benzene rings is 1. The molecule has 1 aromatic rings. The minimum Gasteiger partial charge on any atom is -0.508 e. The SMILES string of the molecule is N#CC=Cc1cc(O)cc(C(F)(F)F)c1. The van der Waals surface area contributed by atoms with Gasteiger partial charge in [0.15, 0.2) is 0 Å². The van der Waals surface area contributed by atoms with Gasteiger partial charge in [-0.2, -0.15) is 18.4 Å². The molecular formula is C10H6F3NO. The second-order valence-corrected chi connectivity index (χ2v) is 2.77. The topological polar surface area (TPSA) is 44.0 Å². The molecule has 0 saturated carbocycles. The van der Waals surface area contributed by atoms with Crippen molar-refractivity contribution in [1.29, 1.82) is 5.26 Å². The first-order valence-electron chi connectivity index (χ1n) is 3.91. The van der Waals surface area contributed by atoms with Gasteiger partial charge < -0.3 is 5.11 Å². The standard InChI is InChI=1S/C10H6F3NO/c11-10(12,13)8-4-7(2-1-3-14)5-9(15)6-8/h1-2,4-6,15H. The van der Waals surface area contributed by atoms with Gasteiger partial charge in [0.25, 0.3) is 0 Å². The van der Waals surface area contributed by atoms with Crippen LogP contribution < -0.4 is 0 Å². The number of rotatable bonds is 1. The third-order valence-corrected chi connectivity index (χ3v) is 1.62. The number of alkyl halides is 3. The summed E-state index contributed by atoms with van der Waals surface area (Å²) >= 11 is 0. The second-order valence-electron chi connectivity index (χ2n) is 2.77. The molecule has 2 nitrogen and oxygen atoms in total. The van der Waals surface area contributed by atoms with Crippen LogP contribution >= 0.6 is 0 Å². The Morgan fingerprint density at radius 1 is 1.27 bits per heavy atom. The lowest BCUT2D eigenvalue weighted by Gasteiger charge is -2.07. The third-order valence-electron chi connectivity index (χ3n) is 1.62. The smallest absolute Gasteiger partial charge is 0.416 e. The summed E-state index contributed by atoms with van der Waals surface area (Å²) in [6.45, 7) is 0. The Kier molecular flexibility index (Phi) is 3.00. The molecule has 1 N–H and O–H groups in total. The first-order valence-corrected chi connectivity index (χ1v) is 3.91. The Balaban J connectivity index is 3.18. The lowest BCUT2D eigenvalue weighted by Crippen LogP contribution is -2.04. The first-order chi connectivity index (χ1) is 6.93. The average molecular weight is 213 g/mol. The summed E-state index contributed by atoms with van der Waals surface area (Å²) in [6, 6.07) is 4.28. The van der Waals surface area contributed by atoms with Gasteiger partial charge in [-0.05, 0) is 29.8 Å². The molecular weight excluding hydrogens is 207 g/mol. The molecule has 0 saturated heterocycles. The van der Waals surface area contributed by atoms with Crippen LogP contribution in [0.2, 0.25) is 0 Å². The fraction of sp³-hybridized carbons (Fsp3) is 0.100. The van der Waals surface area contributed by atoms with Crippen molar-refractivity contribution in [3.63, 3.8) is 0 Å². The summed E-state index contributed by atoms with van der Waals surface area (Å²) in [5.74, 6) is -0.484.